The minimum absolute atomic E-state index is 0.264. The number of alkyl halides is 3. The number of aliphatic hydroxyl groups is 1. The van der Waals surface area contributed by atoms with Gasteiger partial charge in [-0.15, -0.1) is 0 Å². The minimum Gasteiger partial charge on any atom is -0.388 e. The lowest BCUT2D eigenvalue weighted by atomic mass is 10.1. The first-order valence-corrected chi connectivity index (χ1v) is 4.75. The zero-order valence-electron chi connectivity index (χ0n) is 8.53. The molecule has 0 bridgehead atoms. The molecule has 0 spiro atoms. The van der Waals surface area contributed by atoms with Gasteiger partial charge in [-0.1, -0.05) is 17.3 Å². The number of nitrogens with zero attached hydrogens (tertiary/aromatic N) is 1. The molecule has 2 rings (SSSR count). The van der Waals surface area contributed by atoms with Crippen molar-refractivity contribution in [3.05, 3.63) is 41.7 Å². The standard InChI is InChI=1S/C11H8F3NO2/c12-11(13,14)8-3-1-7(2-4-8)10-5-9(6-16)17-15-10/h1-5,16H,6H2. The molecule has 0 aliphatic rings. The molecule has 0 atom stereocenters. The molecule has 6 heteroatoms. The van der Waals surface area contributed by atoms with Crippen molar-refractivity contribution < 1.29 is 22.8 Å². The Hall–Kier alpha value is -1.82. The third-order valence-corrected chi connectivity index (χ3v) is 2.22. The summed E-state index contributed by atoms with van der Waals surface area (Å²) in [4.78, 5) is 0. The Balaban J connectivity index is 2.29. The molecule has 0 aliphatic heterocycles. The number of aliphatic hydroxyl groups excluding tert-OH is 1. The van der Waals surface area contributed by atoms with Crippen molar-refractivity contribution >= 4 is 0 Å². The lowest BCUT2D eigenvalue weighted by Gasteiger charge is -2.06. The molecule has 0 amide bonds. The van der Waals surface area contributed by atoms with Crippen LogP contribution in [-0.4, -0.2) is 10.3 Å². The second kappa shape index (κ2) is 4.21. The van der Waals surface area contributed by atoms with Crippen molar-refractivity contribution in [2.24, 2.45) is 0 Å². The molecular weight excluding hydrogens is 235 g/mol. The number of hydrogen-bond donors (Lipinski definition) is 1. The van der Waals surface area contributed by atoms with Gasteiger partial charge in [-0.25, -0.2) is 0 Å². The highest BCUT2D eigenvalue weighted by molar-refractivity contribution is 5.59. The Bertz CT molecular complexity index is 502. The molecule has 1 heterocycles. The fourth-order valence-corrected chi connectivity index (χ4v) is 1.35. The van der Waals surface area contributed by atoms with Crippen LogP contribution in [0.4, 0.5) is 13.2 Å². The molecule has 0 saturated carbocycles. The van der Waals surface area contributed by atoms with E-state index in [-0.39, 0.29) is 12.4 Å². The van der Waals surface area contributed by atoms with Crippen LogP contribution in [0.5, 0.6) is 0 Å². The average Bonchev–Trinajstić information content (AvgIpc) is 2.76. The van der Waals surface area contributed by atoms with E-state index in [4.69, 9.17) is 9.63 Å². The van der Waals surface area contributed by atoms with Gasteiger partial charge in [0, 0.05) is 11.6 Å². The van der Waals surface area contributed by atoms with Gasteiger partial charge in [0.1, 0.15) is 12.3 Å². The van der Waals surface area contributed by atoms with E-state index in [2.05, 4.69) is 5.16 Å². The minimum atomic E-state index is -4.35. The fourth-order valence-electron chi connectivity index (χ4n) is 1.35. The number of halogens is 3. The molecule has 0 radical (unpaired) electrons. The van der Waals surface area contributed by atoms with Crippen molar-refractivity contribution in [2.75, 3.05) is 0 Å². The number of benzene rings is 1. The summed E-state index contributed by atoms with van der Waals surface area (Å²) < 4.78 is 41.7. The van der Waals surface area contributed by atoms with Gasteiger partial charge < -0.3 is 9.63 Å². The zero-order chi connectivity index (χ0) is 12.5. The normalized spacial score (nSPS) is 11.8. The van der Waals surface area contributed by atoms with Crippen molar-refractivity contribution in [3.8, 4) is 11.3 Å². The van der Waals surface area contributed by atoms with E-state index < -0.39 is 11.7 Å². The molecule has 1 N–H and O–H groups in total. The van der Waals surface area contributed by atoms with E-state index in [0.29, 0.717) is 11.3 Å². The summed E-state index contributed by atoms with van der Waals surface area (Å²) in [6.07, 6.45) is -4.35. The van der Waals surface area contributed by atoms with Crippen molar-refractivity contribution in [1.82, 2.24) is 5.16 Å². The summed E-state index contributed by atoms with van der Waals surface area (Å²) in [5.41, 5.74) is 0.177. The van der Waals surface area contributed by atoms with Crippen molar-refractivity contribution in [2.45, 2.75) is 12.8 Å². The smallest absolute Gasteiger partial charge is 0.388 e. The summed E-state index contributed by atoms with van der Waals surface area (Å²) >= 11 is 0. The first-order chi connectivity index (χ1) is 8.00. The first-order valence-electron chi connectivity index (χ1n) is 4.75. The SMILES string of the molecule is OCc1cc(-c2ccc(C(F)(F)F)cc2)no1. The molecule has 0 saturated heterocycles. The number of rotatable bonds is 2. The lowest BCUT2D eigenvalue weighted by molar-refractivity contribution is -0.137. The Morgan fingerprint density at radius 3 is 2.29 bits per heavy atom. The maximum absolute atomic E-state index is 12.3. The predicted octanol–water partition coefficient (Wildman–Crippen LogP) is 2.85. The molecule has 1 aromatic heterocycles. The van der Waals surface area contributed by atoms with Crippen LogP contribution in [0.25, 0.3) is 11.3 Å². The van der Waals surface area contributed by atoms with Crippen LogP contribution in [0.15, 0.2) is 34.9 Å². The maximum Gasteiger partial charge on any atom is 0.416 e. The second-order valence-electron chi connectivity index (χ2n) is 3.41. The third kappa shape index (κ3) is 2.47. The molecule has 17 heavy (non-hydrogen) atoms. The summed E-state index contributed by atoms with van der Waals surface area (Å²) in [7, 11) is 0. The van der Waals surface area contributed by atoms with E-state index in [1.54, 1.807) is 0 Å². The van der Waals surface area contributed by atoms with Gasteiger partial charge in [0.25, 0.3) is 0 Å². The summed E-state index contributed by atoms with van der Waals surface area (Å²) in [6.45, 7) is -0.298. The molecule has 1 aromatic carbocycles. The molecule has 2 aromatic rings. The Morgan fingerprint density at radius 1 is 1.18 bits per heavy atom. The second-order valence-corrected chi connectivity index (χ2v) is 3.41. The highest BCUT2D eigenvalue weighted by Gasteiger charge is 2.30. The van der Waals surface area contributed by atoms with E-state index in [9.17, 15) is 13.2 Å². The van der Waals surface area contributed by atoms with Gasteiger partial charge in [-0.3, -0.25) is 0 Å². The zero-order valence-corrected chi connectivity index (χ0v) is 8.53. The first kappa shape index (κ1) is 11.7. The van der Waals surface area contributed by atoms with E-state index in [1.165, 1.54) is 18.2 Å². The van der Waals surface area contributed by atoms with Crippen LogP contribution in [0.2, 0.25) is 0 Å². The van der Waals surface area contributed by atoms with Crippen molar-refractivity contribution in [3.63, 3.8) is 0 Å². The summed E-state index contributed by atoms with van der Waals surface area (Å²) in [5.74, 6) is 0.264. The molecule has 90 valence electrons. The van der Waals surface area contributed by atoms with Crippen LogP contribution >= 0.6 is 0 Å². The highest BCUT2D eigenvalue weighted by atomic mass is 19.4. The lowest BCUT2D eigenvalue weighted by Crippen LogP contribution is -2.03. The quantitative estimate of drug-likeness (QED) is 0.882. The Kier molecular flexibility index (Phi) is 2.89. The number of hydrogen-bond acceptors (Lipinski definition) is 3. The van der Waals surface area contributed by atoms with Gasteiger partial charge in [0.05, 0.1) is 5.56 Å². The predicted molar refractivity (Wildman–Crippen MR) is 52.9 cm³/mol. The van der Waals surface area contributed by atoms with E-state index in [0.717, 1.165) is 12.1 Å². The number of aromatic nitrogens is 1. The Labute approximate surface area is 94.5 Å². The monoisotopic (exact) mass is 243 g/mol. The van der Waals surface area contributed by atoms with Crippen LogP contribution in [0, 0.1) is 0 Å². The topological polar surface area (TPSA) is 46.3 Å². The van der Waals surface area contributed by atoms with E-state index in [1.807, 2.05) is 0 Å². The fraction of sp³-hybridized carbons (Fsp3) is 0.182. The van der Waals surface area contributed by atoms with Crippen LogP contribution in [0.1, 0.15) is 11.3 Å². The summed E-state index contributed by atoms with van der Waals surface area (Å²) in [6, 6.07) is 6.04. The molecule has 0 aliphatic carbocycles. The van der Waals surface area contributed by atoms with Gasteiger partial charge >= 0.3 is 6.18 Å². The molecule has 3 nitrogen and oxygen atoms in total. The van der Waals surface area contributed by atoms with Gasteiger partial charge in [-0.2, -0.15) is 13.2 Å². The molecular formula is C11H8F3NO2. The van der Waals surface area contributed by atoms with Crippen LogP contribution in [0.3, 0.4) is 0 Å². The third-order valence-electron chi connectivity index (χ3n) is 2.22. The molecule has 0 fully saturated rings. The van der Waals surface area contributed by atoms with Gasteiger partial charge in [0.2, 0.25) is 0 Å². The Morgan fingerprint density at radius 2 is 1.82 bits per heavy atom. The van der Waals surface area contributed by atoms with Crippen LogP contribution in [-0.2, 0) is 12.8 Å². The average molecular weight is 243 g/mol. The summed E-state index contributed by atoms with van der Waals surface area (Å²) in [5, 5.41) is 12.4. The van der Waals surface area contributed by atoms with Crippen LogP contribution < -0.4 is 0 Å². The van der Waals surface area contributed by atoms with Gasteiger partial charge in [-0.05, 0) is 12.1 Å². The maximum atomic E-state index is 12.3. The van der Waals surface area contributed by atoms with Crippen molar-refractivity contribution in [1.29, 1.82) is 0 Å². The highest BCUT2D eigenvalue weighted by Crippen LogP contribution is 2.30. The van der Waals surface area contributed by atoms with Gasteiger partial charge in [0.15, 0.2) is 5.76 Å². The van der Waals surface area contributed by atoms with E-state index >= 15 is 0 Å². The molecule has 0 unspecified atom stereocenters. The largest absolute Gasteiger partial charge is 0.416 e.